The van der Waals surface area contributed by atoms with E-state index in [1.807, 2.05) is 49.5 Å². The highest BCUT2D eigenvalue weighted by Gasteiger charge is 2.18. The Morgan fingerprint density at radius 2 is 2.14 bits per heavy atom. The van der Waals surface area contributed by atoms with Crippen LogP contribution >= 0.6 is 0 Å². The molecule has 1 aliphatic heterocycles. The quantitative estimate of drug-likeness (QED) is 0.902. The monoisotopic (exact) mass is 282 g/mol. The Balaban J connectivity index is 1.48. The van der Waals surface area contributed by atoms with Gasteiger partial charge in [0, 0.05) is 11.9 Å². The van der Waals surface area contributed by atoms with Crippen LogP contribution < -0.4 is 15.4 Å². The molecule has 1 aromatic carbocycles. The number of hydrogen-bond acceptors (Lipinski definition) is 5. The molecular weight excluding hydrogens is 264 g/mol. The zero-order valence-electron chi connectivity index (χ0n) is 11.9. The van der Waals surface area contributed by atoms with Gasteiger partial charge in [0.05, 0.1) is 18.8 Å². The van der Waals surface area contributed by atoms with Crippen molar-refractivity contribution >= 4 is 11.6 Å². The number of pyridine rings is 1. The lowest BCUT2D eigenvalue weighted by molar-refractivity contribution is 0.284. The minimum Gasteiger partial charge on any atom is -0.490 e. The molecular formula is C16H18N4O. The molecule has 0 bridgehead atoms. The number of aromatic nitrogens is 1. The predicted molar refractivity (Wildman–Crippen MR) is 83.8 cm³/mol. The fourth-order valence-electron chi connectivity index (χ4n) is 2.12. The summed E-state index contributed by atoms with van der Waals surface area (Å²) in [6.45, 7) is 3.27. The van der Waals surface area contributed by atoms with Gasteiger partial charge in [-0.2, -0.15) is 0 Å². The van der Waals surface area contributed by atoms with Gasteiger partial charge in [-0.3, -0.25) is 9.98 Å². The van der Waals surface area contributed by atoms with Crippen LogP contribution in [0.3, 0.4) is 0 Å². The lowest BCUT2D eigenvalue weighted by Gasteiger charge is -2.14. The Morgan fingerprint density at radius 3 is 2.95 bits per heavy atom. The number of guanidine groups is 1. The highest BCUT2D eigenvalue weighted by Crippen LogP contribution is 2.11. The molecule has 0 fully saturated rings. The number of aryl methyl sites for hydroxylation is 1. The lowest BCUT2D eigenvalue weighted by atomic mass is 10.3. The number of nitrogens with zero attached hydrogens (tertiary/aromatic N) is 2. The van der Waals surface area contributed by atoms with E-state index in [2.05, 4.69) is 20.6 Å². The third kappa shape index (κ3) is 3.72. The number of anilines is 1. The Bertz CT molecular complexity index is 627. The summed E-state index contributed by atoms with van der Waals surface area (Å²) in [6.07, 6.45) is 3.54. The first-order valence-electron chi connectivity index (χ1n) is 6.97. The largest absolute Gasteiger partial charge is 0.490 e. The highest BCUT2D eigenvalue weighted by molar-refractivity contribution is 5.94. The fourth-order valence-corrected chi connectivity index (χ4v) is 2.12. The molecule has 108 valence electrons. The Labute approximate surface area is 124 Å². The molecule has 3 rings (SSSR count). The second-order valence-electron chi connectivity index (χ2n) is 5.03. The van der Waals surface area contributed by atoms with Crippen LogP contribution in [0.15, 0.2) is 53.8 Å². The van der Waals surface area contributed by atoms with Crippen LogP contribution in [0, 0.1) is 6.92 Å². The van der Waals surface area contributed by atoms with Crippen molar-refractivity contribution in [2.75, 3.05) is 18.5 Å². The SMILES string of the molecule is Cc1cncc(OCC2CN=C(Nc3ccccc3)N2)c1. The number of nitrogens with one attached hydrogen (secondary N) is 2. The van der Waals surface area contributed by atoms with Crippen molar-refractivity contribution in [1.29, 1.82) is 0 Å². The van der Waals surface area contributed by atoms with Crippen LogP contribution in [-0.4, -0.2) is 30.1 Å². The van der Waals surface area contributed by atoms with E-state index in [-0.39, 0.29) is 6.04 Å². The molecule has 2 N–H and O–H groups in total. The van der Waals surface area contributed by atoms with Gasteiger partial charge < -0.3 is 15.4 Å². The lowest BCUT2D eigenvalue weighted by Crippen LogP contribution is -2.38. The Hall–Kier alpha value is -2.56. The van der Waals surface area contributed by atoms with E-state index in [1.54, 1.807) is 6.20 Å². The molecule has 1 aromatic heterocycles. The van der Waals surface area contributed by atoms with Crippen molar-refractivity contribution in [2.24, 2.45) is 4.99 Å². The standard InChI is InChI=1S/C16H18N4O/c1-12-7-15(10-17-8-12)21-11-14-9-18-16(20-14)19-13-5-3-2-4-6-13/h2-8,10,14H,9,11H2,1H3,(H2,18,19,20). The molecule has 1 aliphatic rings. The van der Waals surface area contributed by atoms with E-state index in [0.29, 0.717) is 13.2 Å². The summed E-state index contributed by atoms with van der Waals surface area (Å²) in [5, 5.41) is 6.57. The molecule has 0 amide bonds. The van der Waals surface area contributed by atoms with Crippen molar-refractivity contribution in [3.63, 3.8) is 0 Å². The second-order valence-corrected chi connectivity index (χ2v) is 5.03. The first-order valence-corrected chi connectivity index (χ1v) is 6.97. The Morgan fingerprint density at radius 1 is 1.29 bits per heavy atom. The first-order chi connectivity index (χ1) is 10.3. The number of aliphatic imine (C=N–C) groups is 1. The van der Waals surface area contributed by atoms with E-state index >= 15 is 0 Å². The van der Waals surface area contributed by atoms with Gasteiger partial charge >= 0.3 is 0 Å². The topological polar surface area (TPSA) is 58.5 Å². The van der Waals surface area contributed by atoms with Gasteiger partial charge in [-0.05, 0) is 30.7 Å². The summed E-state index contributed by atoms with van der Waals surface area (Å²) in [5.74, 6) is 1.58. The van der Waals surface area contributed by atoms with Gasteiger partial charge in [0.1, 0.15) is 12.4 Å². The van der Waals surface area contributed by atoms with E-state index in [4.69, 9.17) is 4.74 Å². The zero-order valence-corrected chi connectivity index (χ0v) is 11.9. The zero-order chi connectivity index (χ0) is 14.5. The van der Waals surface area contributed by atoms with E-state index < -0.39 is 0 Å². The molecule has 5 heteroatoms. The van der Waals surface area contributed by atoms with Crippen LogP contribution in [0.5, 0.6) is 5.75 Å². The maximum Gasteiger partial charge on any atom is 0.196 e. The van der Waals surface area contributed by atoms with Crippen molar-refractivity contribution in [3.8, 4) is 5.75 Å². The smallest absolute Gasteiger partial charge is 0.196 e. The number of ether oxygens (including phenoxy) is 1. The van der Waals surface area contributed by atoms with Crippen molar-refractivity contribution < 1.29 is 4.74 Å². The van der Waals surface area contributed by atoms with Gasteiger partial charge in [-0.1, -0.05) is 18.2 Å². The van der Waals surface area contributed by atoms with Gasteiger partial charge in [0.2, 0.25) is 0 Å². The van der Waals surface area contributed by atoms with Gasteiger partial charge in [0.15, 0.2) is 5.96 Å². The van der Waals surface area contributed by atoms with Crippen molar-refractivity contribution in [1.82, 2.24) is 10.3 Å². The number of hydrogen-bond donors (Lipinski definition) is 2. The number of rotatable bonds is 4. The van der Waals surface area contributed by atoms with E-state index in [9.17, 15) is 0 Å². The molecule has 0 spiro atoms. The second kappa shape index (κ2) is 6.26. The third-order valence-corrected chi connectivity index (χ3v) is 3.15. The molecule has 5 nitrogen and oxygen atoms in total. The average molecular weight is 282 g/mol. The van der Waals surface area contributed by atoms with Gasteiger partial charge in [-0.15, -0.1) is 0 Å². The predicted octanol–water partition coefficient (Wildman–Crippen LogP) is 2.21. The fraction of sp³-hybridized carbons (Fsp3) is 0.250. The molecule has 2 aromatic rings. The third-order valence-electron chi connectivity index (χ3n) is 3.15. The molecule has 0 saturated carbocycles. The van der Waals surface area contributed by atoms with Gasteiger partial charge in [0.25, 0.3) is 0 Å². The summed E-state index contributed by atoms with van der Waals surface area (Å²) in [7, 11) is 0. The normalized spacial score (nSPS) is 17.0. The molecule has 21 heavy (non-hydrogen) atoms. The number of benzene rings is 1. The Kier molecular flexibility index (Phi) is 4.00. The van der Waals surface area contributed by atoms with Crippen molar-refractivity contribution in [3.05, 3.63) is 54.4 Å². The molecule has 0 aliphatic carbocycles. The summed E-state index contributed by atoms with van der Waals surface area (Å²) in [5.41, 5.74) is 2.11. The van der Waals surface area contributed by atoms with Crippen LogP contribution in [0.1, 0.15) is 5.56 Å². The first kappa shape index (κ1) is 13.4. The number of para-hydroxylation sites is 1. The highest BCUT2D eigenvalue weighted by atomic mass is 16.5. The maximum absolute atomic E-state index is 5.74. The summed E-state index contributed by atoms with van der Waals surface area (Å²) in [4.78, 5) is 8.55. The summed E-state index contributed by atoms with van der Waals surface area (Å²) < 4.78 is 5.74. The van der Waals surface area contributed by atoms with Crippen LogP contribution in [0.25, 0.3) is 0 Å². The minimum atomic E-state index is 0.178. The van der Waals surface area contributed by atoms with Crippen LogP contribution in [0.2, 0.25) is 0 Å². The van der Waals surface area contributed by atoms with Crippen LogP contribution in [0.4, 0.5) is 5.69 Å². The molecule has 1 unspecified atom stereocenters. The molecule has 2 heterocycles. The van der Waals surface area contributed by atoms with Gasteiger partial charge in [-0.25, -0.2) is 0 Å². The van der Waals surface area contributed by atoms with E-state index in [0.717, 1.165) is 23.0 Å². The molecule has 0 saturated heterocycles. The molecule has 0 radical (unpaired) electrons. The summed E-state index contributed by atoms with van der Waals surface area (Å²) >= 11 is 0. The summed E-state index contributed by atoms with van der Waals surface area (Å²) in [6, 6.07) is 12.1. The average Bonchev–Trinajstić information content (AvgIpc) is 2.94. The van der Waals surface area contributed by atoms with E-state index in [1.165, 1.54) is 0 Å². The van der Waals surface area contributed by atoms with Crippen LogP contribution in [-0.2, 0) is 0 Å². The molecule has 1 atom stereocenters. The van der Waals surface area contributed by atoms with Crippen molar-refractivity contribution in [2.45, 2.75) is 13.0 Å². The maximum atomic E-state index is 5.74. The minimum absolute atomic E-state index is 0.178.